The molecule has 1 N–H and O–H groups in total. The van der Waals surface area contributed by atoms with Crippen LogP contribution in [0, 0.1) is 10.1 Å². The first kappa shape index (κ1) is 22.1. The van der Waals surface area contributed by atoms with Crippen LogP contribution in [0.1, 0.15) is 39.2 Å². The lowest BCUT2D eigenvalue weighted by Gasteiger charge is -2.35. The van der Waals surface area contributed by atoms with Gasteiger partial charge in [-0.15, -0.1) is 0 Å². The molecule has 30 heavy (non-hydrogen) atoms. The fourth-order valence-electron chi connectivity index (χ4n) is 3.72. The van der Waals surface area contributed by atoms with Gasteiger partial charge in [0, 0.05) is 43.2 Å². The molecule has 0 spiro atoms. The summed E-state index contributed by atoms with van der Waals surface area (Å²) in [5.74, 6) is 0. The number of nitrogens with zero attached hydrogens (tertiary/aromatic N) is 2. The second-order valence-electron chi connectivity index (χ2n) is 8.91. The molecule has 0 aromatic heterocycles. The standard InChI is InChI=1S/C22H29N3O4S/c1-22(2,3)16-5-7-18(8-6-16)24-13-11-17(12-14-24)23-20-10-9-19(25(26)27)15-21(20)30(4,28)29/h5-10,15,17,23H,11-14H2,1-4H3. The van der Waals surface area contributed by atoms with Gasteiger partial charge in [0.05, 0.1) is 15.5 Å². The van der Waals surface area contributed by atoms with Gasteiger partial charge in [0.15, 0.2) is 9.84 Å². The average Bonchev–Trinajstić information content (AvgIpc) is 2.67. The smallest absolute Gasteiger partial charge is 0.270 e. The molecule has 0 bridgehead atoms. The third-order valence-electron chi connectivity index (χ3n) is 5.53. The lowest BCUT2D eigenvalue weighted by Crippen LogP contribution is -2.39. The summed E-state index contributed by atoms with van der Waals surface area (Å²) in [5.41, 5.74) is 2.81. The van der Waals surface area contributed by atoms with E-state index >= 15 is 0 Å². The number of piperidine rings is 1. The molecule has 3 rings (SSSR count). The number of nitro benzene ring substituents is 1. The number of non-ortho nitro benzene ring substituents is 1. The molecule has 7 nitrogen and oxygen atoms in total. The van der Waals surface area contributed by atoms with Crippen molar-refractivity contribution in [3.05, 3.63) is 58.1 Å². The maximum Gasteiger partial charge on any atom is 0.270 e. The van der Waals surface area contributed by atoms with Crippen LogP contribution in [-0.4, -0.2) is 38.7 Å². The molecule has 1 aliphatic heterocycles. The number of hydrogen-bond acceptors (Lipinski definition) is 6. The summed E-state index contributed by atoms with van der Waals surface area (Å²) in [6.45, 7) is 8.30. The topological polar surface area (TPSA) is 92.5 Å². The Morgan fingerprint density at radius 1 is 1.07 bits per heavy atom. The summed E-state index contributed by atoms with van der Waals surface area (Å²) in [6.07, 6.45) is 2.77. The Hall–Kier alpha value is -2.61. The highest BCUT2D eigenvalue weighted by atomic mass is 32.2. The predicted octanol–water partition coefficient (Wildman–Crippen LogP) is 4.38. The highest BCUT2D eigenvalue weighted by Gasteiger charge is 2.24. The van der Waals surface area contributed by atoms with Gasteiger partial charge >= 0.3 is 0 Å². The van der Waals surface area contributed by atoms with Gasteiger partial charge in [0.1, 0.15) is 0 Å². The van der Waals surface area contributed by atoms with Crippen LogP contribution in [0.2, 0.25) is 0 Å². The van der Waals surface area contributed by atoms with Crippen molar-refractivity contribution in [1.29, 1.82) is 0 Å². The molecule has 2 aromatic rings. The van der Waals surface area contributed by atoms with Crippen LogP contribution >= 0.6 is 0 Å². The fourth-order valence-corrected chi connectivity index (χ4v) is 4.59. The van der Waals surface area contributed by atoms with E-state index in [1.807, 2.05) is 0 Å². The van der Waals surface area contributed by atoms with E-state index in [0.717, 1.165) is 38.3 Å². The van der Waals surface area contributed by atoms with E-state index in [-0.39, 0.29) is 22.0 Å². The Balaban J connectivity index is 1.68. The molecule has 1 fully saturated rings. The third kappa shape index (κ3) is 5.11. The molecule has 1 heterocycles. The van der Waals surface area contributed by atoms with Crippen molar-refractivity contribution in [2.24, 2.45) is 0 Å². The first-order valence-electron chi connectivity index (χ1n) is 10.1. The van der Waals surface area contributed by atoms with Crippen molar-refractivity contribution in [3.63, 3.8) is 0 Å². The van der Waals surface area contributed by atoms with Crippen LogP contribution in [0.25, 0.3) is 0 Å². The predicted molar refractivity (Wildman–Crippen MR) is 120 cm³/mol. The number of benzene rings is 2. The maximum absolute atomic E-state index is 12.1. The largest absolute Gasteiger partial charge is 0.381 e. The molecule has 1 aliphatic rings. The van der Waals surface area contributed by atoms with E-state index in [0.29, 0.717) is 5.69 Å². The lowest BCUT2D eigenvalue weighted by atomic mass is 9.87. The van der Waals surface area contributed by atoms with Crippen LogP contribution in [0.4, 0.5) is 17.1 Å². The monoisotopic (exact) mass is 431 g/mol. The summed E-state index contributed by atoms with van der Waals surface area (Å²) < 4.78 is 24.3. The van der Waals surface area contributed by atoms with Crippen LogP contribution in [0.3, 0.4) is 0 Å². The van der Waals surface area contributed by atoms with Gasteiger partial charge in [-0.3, -0.25) is 10.1 Å². The number of hydrogen-bond donors (Lipinski definition) is 1. The molecule has 0 atom stereocenters. The van der Waals surface area contributed by atoms with Gasteiger partial charge in [0.2, 0.25) is 0 Å². The molecule has 0 aliphatic carbocycles. The van der Waals surface area contributed by atoms with Gasteiger partial charge in [0.25, 0.3) is 5.69 Å². The van der Waals surface area contributed by atoms with Gasteiger partial charge in [-0.05, 0) is 42.0 Å². The maximum atomic E-state index is 12.1. The minimum Gasteiger partial charge on any atom is -0.381 e. The molecule has 0 unspecified atom stereocenters. The number of anilines is 2. The number of nitro groups is 1. The van der Waals surface area contributed by atoms with E-state index in [1.54, 1.807) is 0 Å². The zero-order valence-electron chi connectivity index (χ0n) is 17.9. The summed E-state index contributed by atoms with van der Waals surface area (Å²) in [6, 6.07) is 12.7. The van der Waals surface area contributed by atoms with Crippen molar-refractivity contribution in [1.82, 2.24) is 0 Å². The first-order chi connectivity index (χ1) is 13.9. The van der Waals surface area contributed by atoms with E-state index in [4.69, 9.17) is 0 Å². The lowest BCUT2D eigenvalue weighted by molar-refractivity contribution is -0.385. The van der Waals surface area contributed by atoms with Crippen molar-refractivity contribution in [2.45, 2.75) is 50.0 Å². The minimum absolute atomic E-state index is 0.0306. The van der Waals surface area contributed by atoms with Crippen LogP contribution in [-0.2, 0) is 15.3 Å². The summed E-state index contributed by atoms with van der Waals surface area (Å²) in [7, 11) is -3.59. The Labute approximate surface area is 178 Å². The van der Waals surface area contributed by atoms with E-state index < -0.39 is 14.8 Å². The molecule has 0 saturated carbocycles. The van der Waals surface area contributed by atoms with Crippen LogP contribution in [0.5, 0.6) is 0 Å². The molecule has 0 radical (unpaired) electrons. The fraction of sp³-hybridized carbons (Fsp3) is 0.455. The second-order valence-corrected chi connectivity index (χ2v) is 10.9. The Bertz CT molecular complexity index is 1020. The SMILES string of the molecule is CC(C)(C)c1ccc(N2CCC(Nc3ccc([N+](=O)[O-])cc3S(C)(=O)=O)CC2)cc1. The number of nitrogens with one attached hydrogen (secondary N) is 1. The molecule has 1 saturated heterocycles. The van der Waals surface area contributed by atoms with Crippen LogP contribution in [0.15, 0.2) is 47.4 Å². The van der Waals surface area contributed by atoms with E-state index in [1.165, 1.54) is 23.4 Å². The molecule has 0 amide bonds. The quantitative estimate of drug-likeness (QED) is 0.558. The summed E-state index contributed by atoms with van der Waals surface area (Å²) in [5, 5.41) is 14.3. The second kappa shape index (κ2) is 8.26. The Kier molecular flexibility index (Phi) is 6.08. The van der Waals surface area contributed by atoms with Crippen molar-refractivity contribution < 1.29 is 13.3 Å². The zero-order chi connectivity index (χ0) is 22.1. The molecule has 2 aromatic carbocycles. The first-order valence-corrected chi connectivity index (χ1v) is 11.9. The molecular weight excluding hydrogens is 402 g/mol. The minimum atomic E-state index is -3.59. The zero-order valence-corrected chi connectivity index (χ0v) is 18.7. The van der Waals surface area contributed by atoms with Crippen molar-refractivity contribution >= 4 is 26.9 Å². The highest BCUT2D eigenvalue weighted by molar-refractivity contribution is 7.90. The molecule has 8 heteroatoms. The summed E-state index contributed by atoms with van der Waals surface area (Å²) >= 11 is 0. The van der Waals surface area contributed by atoms with Gasteiger partial charge in [-0.25, -0.2) is 8.42 Å². The van der Waals surface area contributed by atoms with Crippen LogP contribution < -0.4 is 10.2 Å². The highest BCUT2D eigenvalue weighted by Crippen LogP contribution is 2.30. The number of sulfone groups is 1. The summed E-state index contributed by atoms with van der Waals surface area (Å²) in [4.78, 5) is 12.7. The number of rotatable bonds is 5. The molecule has 162 valence electrons. The van der Waals surface area contributed by atoms with Crippen molar-refractivity contribution in [2.75, 3.05) is 29.6 Å². The normalized spacial score (nSPS) is 15.8. The van der Waals surface area contributed by atoms with E-state index in [2.05, 4.69) is 55.3 Å². The van der Waals surface area contributed by atoms with Gasteiger partial charge in [-0.1, -0.05) is 32.9 Å². The van der Waals surface area contributed by atoms with Gasteiger partial charge < -0.3 is 10.2 Å². The Morgan fingerprint density at radius 2 is 1.67 bits per heavy atom. The third-order valence-corrected chi connectivity index (χ3v) is 6.67. The molecular formula is C22H29N3O4S. The van der Waals surface area contributed by atoms with Crippen molar-refractivity contribution in [3.8, 4) is 0 Å². The average molecular weight is 432 g/mol. The van der Waals surface area contributed by atoms with Gasteiger partial charge in [-0.2, -0.15) is 0 Å². The van der Waals surface area contributed by atoms with E-state index in [9.17, 15) is 18.5 Å². The Morgan fingerprint density at radius 3 is 2.17 bits per heavy atom.